The number of aliphatic hydroxyl groups excluding tert-OH is 3. The minimum atomic E-state index is -1.85. The van der Waals surface area contributed by atoms with Crippen molar-refractivity contribution in [2.45, 2.75) is 51.0 Å². The van der Waals surface area contributed by atoms with Crippen LogP contribution in [0.15, 0.2) is 5.11 Å². The summed E-state index contributed by atoms with van der Waals surface area (Å²) in [5.41, 5.74) is 8.36. The molecule has 0 spiro atoms. The number of esters is 1. The lowest BCUT2D eigenvalue weighted by atomic mass is 9.98. The molecule has 0 heterocycles. The van der Waals surface area contributed by atoms with Crippen molar-refractivity contribution in [1.29, 1.82) is 0 Å². The van der Waals surface area contributed by atoms with E-state index in [0.717, 1.165) is 0 Å². The van der Waals surface area contributed by atoms with E-state index < -0.39 is 30.3 Å². The lowest BCUT2D eigenvalue weighted by Gasteiger charge is -2.25. The molecule has 104 valence electrons. The van der Waals surface area contributed by atoms with Crippen molar-refractivity contribution in [3.05, 3.63) is 10.4 Å². The van der Waals surface area contributed by atoms with Gasteiger partial charge >= 0.3 is 5.97 Å². The molecule has 0 aromatic carbocycles. The third-order valence-corrected chi connectivity index (χ3v) is 2.37. The van der Waals surface area contributed by atoms with Crippen LogP contribution < -0.4 is 0 Å². The highest BCUT2D eigenvalue weighted by molar-refractivity contribution is 5.75. The number of hydrogen-bond acceptors (Lipinski definition) is 6. The number of carbonyl (C=O) groups excluding carboxylic acids is 1. The molecule has 4 atom stereocenters. The predicted octanol–water partition coefficient (Wildman–Crippen LogP) is 0.111. The molecule has 0 fully saturated rings. The fourth-order valence-electron chi connectivity index (χ4n) is 1.45. The van der Waals surface area contributed by atoms with E-state index in [0.29, 0.717) is 6.42 Å². The van der Waals surface area contributed by atoms with Crippen LogP contribution in [-0.2, 0) is 9.53 Å². The van der Waals surface area contributed by atoms with Crippen LogP contribution in [0.3, 0.4) is 0 Å². The maximum Gasteiger partial charge on any atom is 0.337 e. The third-order valence-electron chi connectivity index (χ3n) is 2.37. The average molecular weight is 261 g/mol. The highest BCUT2D eigenvalue weighted by atomic mass is 16.5. The van der Waals surface area contributed by atoms with E-state index in [1.807, 2.05) is 0 Å². The van der Waals surface area contributed by atoms with Crippen molar-refractivity contribution in [2.24, 2.45) is 5.11 Å². The van der Waals surface area contributed by atoms with Crippen molar-refractivity contribution in [1.82, 2.24) is 0 Å². The van der Waals surface area contributed by atoms with Gasteiger partial charge in [-0.1, -0.05) is 18.5 Å². The molecule has 0 aliphatic heterocycles. The highest BCUT2D eigenvalue weighted by Crippen LogP contribution is 2.14. The summed E-state index contributed by atoms with van der Waals surface area (Å²) < 4.78 is 4.53. The van der Waals surface area contributed by atoms with Gasteiger partial charge < -0.3 is 20.1 Å². The Balaban J connectivity index is 4.79. The van der Waals surface area contributed by atoms with Crippen LogP contribution in [0.4, 0.5) is 0 Å². The lowest BCUT2D eigenvalue weighted by molar-refractivity contribution is -0.161. The fourth-order valence-corrected chi connectivity index (χ4v) is 1.45. The lowest BCUT2D eigenvalue weighted by Crippen LogP contribution is -2.47. The molecule has 0 unspecified atom stereocenters. The molecule has 0 aromatic rings. The molecule has 0 amide bonds. The Morgan fingerprint density at radius 1 is 1.39 bits per heavy atom. The summed E-state index contributed by atoms with van der Waals surface area (Å²) in [7, 11) is 0. The second-order valence-electron chi connectivity index (χ2n) is 3.74. The average Bonchev–Trinajstić information content (AvgIpc) is 2.34. The summed E-state index contributed by atoms with van der Waals surface area (Å²) in [6.45, 7) is 3.39. The number of hydrogen-bond donors (Lipinski definition) is 3. The normalized spacial score (nSPS) is 17.2. The van der Waals surface area contributed by atoms with Crippen LogP contribution >= 0.6 is 0 Å². The first-order valence-electron chi connectivity index (χ1n) is 5.74. The molecule has 8 heteroatoms. The summed E-state index contributed by atoms with van der Waals surface area (Å²) in [5.74, 6) is -1.02. The molecule has 0 radical (unpaired) electrons. The number of carbonyl (C=O) groups is 1. The van der Waals surface area contributed by atoms with Crippen LogP contribution in [0.5, 0.6) is 0 Å². The Hall–Kier alpha value is -1.34. The van der Waals surface area contributed by atoms with E-state index in [4.69, 9.17) is 5.53 Å². The molecule has 0 rings (SSSR count). The summed E-state index contributed by atoms with van der Waals surface area (Å²) in [4.78, 5) is 13.7. The van der Waals surface area contributed by atoms with Crippen LogP contribution in [0.1, 0.15) is 26.7 Å². The van der Waals surface area contributed by atoms with Gasteiger partial charge in [0, 0.05) is 4.91 Å². The maximum absolute atomic E-state index is 11.2. The number of aliphatic hydroxyl groups is 3. The van der Waals surface area contributed by atoms with Gasteiger partial charge in [-0.2, -0.15) is 0 Å². The second-order valence-corrected chi connectivity index (χ2v) is 3.74. The van der Waals surface area contributed by atoms with Gasteiger partial charge in [0.05, 0.1) is 18.8 Å². The van der Waals surface area contributed by atoms with Crippen molar-refractivity contribution in [3.63, 3.8) is 0 Å². The van der Waals surface area contributed by atoms with E-state index >= 15 is 0 Å². The molecule has 0 saturated heterocycles. The van der Waals surface area contributed by atoms with Crippen LogP contribution in [0.25, 0.3) is 10.4 Å². The first-order valence-corrected chi connectivity index (χ1v) is 5.74. The molecule has 0 saturated carbocycles. The Morgan fingerprint density at radius 3 is 2.44 bits per heavy atom. The van der Waals surface area contributed by atoms with Crippen molar-refractivity contribution >= 4 is 5.97 Å². The summed E-state index contributed by atoms with van der Waals surface area (Å²) in [6.07, 6.45) is -3.82. The number of rotatable bonds is 8. The van der Waals surface area contributed by atoms with Crippen LogP contribution in [0.2, 0.25) is 0 Å². The minimum absolute atomic E-state index is 0.0479. The zero-order chi connectivity index (χ0) is 14.1. The van der Waals surface area contributed by atoms with Gasteiger partial charge in [0.2, 0.25) is 0 Å². The second kappa shape index (κ2) is 8.71. The Kier molecular flexibility index (Phi) is 8.06. The topological polar surface area (TPSA) is 136 Å². The SMILES string of the molecule is CCC[C@H](O)[C@@H](N=[N+]=[N-])[C@H](O)[C@@H](O)C(=O)OCC. The monoisotopic (exact) mass is 261 g/mol. The molecular weight excluding hydrogens is 242 g/mol. The van der Waals surface area contributed by atoms with Gasteiger partial charge in [-0.05, 0) is 18.9 Å². The van der Waals surface area contributed by atoms with Crippen molar-refractivity contribution in [3.8, 4) is 0 Å². The Bertz CT molecular complexity index is 306. The molecule has 18 heavy (non-hydrogen) atoms. The van der Waals surface area contributed by atoms with Gasteiger partial charge in [0.25, 0.3) is 0 Å². The molecule has 0 aromatic heterocycles. The third kappa shape index (κ3) is 4.89. The van der Waals surface area contributed by atoms with Crippen LogP contribution in [0, 0.1) is 0 Å². The zero-order valence-electron chi connectivity index (χ0n) is 10.4. The smallest absolute Gasteiger partial charge is 0.337 e. The number of azide groups is 1. The highest BCUT2D eigenvalue weighted by Gasteiger charge is 2.35. The number of nitrogens with zero attached hydrogens (tertiary/aromatic N) is 3. The fraction of sp³-hybridized carbons (Fsp3) is 0.900. The molecule has 3 N–H and O–H groups in total. The minimum Gasteiger partial charge on any atom is -0.464 e. The van der Waals surface area contributed by atoms with E-state index in [9.17, 15) is 20.1 Å². The molecule has 0 bridgehead atoms. The standard InChI is InChI=1S/C10H19N3O5/c1-3-5-6(14)7(12-13-11)8(15)9(16)10(17)18-4-2/h6-9,14-16H,3-5H2,1-2H3/t6-,7+,8-,9+/m0/s1. The van der Waals surface area contributed by atoms with E-state index in [1.165, 1.54) is 0 Å². The van der Waals surface area contributed by atoms with Crippen molar-refractivity contribution in [2.75, 3.05) is 6.61 Å². The maximum atomic E-state index is 11.2. The largest absolute Gasteiger partial charge is 0.464 e. The van der Waals surface area contributed by atoms with Gasteiger partial charge in [-0.15, -0.1) is 0 Å². The van der Waals surface area contributed by atoms with E-state index in [1.54, 1.807) is 13.8 Å². The predicted molar refractivity (Wildman–Crippen MR) is 62.5 cm³/mol. The van der Waals surface area contributed by atoms with Gasteiger partial charge in [-0.25, -0.2) is 4.79 Å². The number of ether oxygens (including phenoxy) is 1. The van der Waals surface area contributed by atoms with Gasteiger partial charge in [0.15, 0.2) is 6.10 Å². The van der Waals surface area contributed by atoms with Crippen molar-refractivity contribution < 1.29 is 24.9 Å². The van der Waals surface area contributed by atoms with Gasteiger partial charge in [0.1, 0.15) is 6.10 Å². The first-order chi connectivity index (χ1) is 8.49. The molecular formula is C10H19N3O5. The Labute approximate surface area is 105 Å². The van der Waals surface area contributed by atoms with Gasteiger partial charge in [-0.3, -0.25) is 0 Å². The first kappa shape index (κ1) is 16.7. The zero-order valence-corrected chi connectivity index (χ0v) is 10.4. The van der Waals surface area contributed by atoms with E-state index in [2.05, 4.69) is 14.8 Å². The summed E-state index contributed by atoms with van der Waals surface area (Å²) in [6, 6.07) is -1.30. The molecule has 0 aliphatic carbocycles. The Morgan fingerprint density at radius 2 is 2.00 bits per heavy atom. The van der Waals surface area contributed by atoms with E-state index in [-0.39, 0.29) is 13.0 Å². The quantitative estimate of drug-likeness (QED) is 0.246. The van der Waals surface area contributed by atoms with Crippen LogP contribution in [-0.4, -0.2) is 52.2 Å². The molecule has 8 nitrogen and oxygen atoms in total. The summed E-state index contributed by atoms with van der Waals surface area (Å²) >= 11 is 0. The summed E-state index contributed by atoms with van der Waals surface area (Å²) in [5, 5.41) is 32.1. The molecule has 0 aliphatic rings.